The Kier molecular flexibility index (Phi) is 5.79. The summed E-state index contributed by atoms with van der Waals surface area (Å²) in [7, 11) is 0. The zero-order valence-corrected chi connectivity index (χ0v) is 9.59. The quantitative estimate of drug-likeness (QED) is 0.736. The van der Waals surface area contributed by atoms with Crippen LogP contribution in [-0.4, -0.2) is 23.7 Å². The van der Waals surface area contributed by atoms with Crippen molar-refractivity contribution < 1.29 is 19.4 Å². The fourth-order valence-corrected chi connectivity index (χ4v) is 1.41. The Hall–Kier alpha value is -1.84. The van der Waals surface area contributed by atoms with Crippen LogP contribution < -0.4 is 0 Å². The maximum atomic E-state index is 11.2. The first-order valence-corrected chi connectivity index (χ1v) is 5.60. The maximum absolute atomic E-state index is 11.2. The van der Waals surface area contributed by atoms with Crippen LogP contribution in [0, 0.1) is 0 Å². The SMILES string of the molecule is O=C(O)CCOC(=O)CCCc1ccccc1. The van der Waals surface area contributed by atoms with E-state index < -0.39 is 5.97 Å². The summed E-state index contributed by atoms with van der Waals surface area (Å²) in [6.45, 7) is -0.0422. The Bertz CT molecular complexity index is 359. The second-order valence-electron chi connectivity index (χ2n) is 3.70. The van der Waals surface area contributed by atoms with Crippen molar-refractivity contribution in [3.8, 4) is 0 Å². The van der Waals surface area contributed by atoms with Crippen LogP contribution in [0.5, 0.6) is 0 Å². The molecule has 0 aliphatic rings. The van der Waals surface area contributed by atoms with E-state index in [1.807, 2.05) is 30.3 Å². The van der Waals surface area contributed by atoms with Crippen LogP contribution in [0.15, 0.2) is 30.3 Å². The highest BCUT2D eigenvalue weighted by Gasteiger charge is 2.04. The van der Waals surface area contributed by atoms with Gasteiger partial charge in [0, 0.05) is 6.42 Å². The summed E-state index contributed by atoms with van der Waals surface area (Å²) >= 11 is 0. The van der Waals surface area contributed by atoms with Gasteiger partial charge in [0.05, 0.1) is 6.42 Å². The molecular weight excluding hydrogens is 220 g/mol. The number of carboxylic acid groups (broad SMARTS) is 1. The van der Waals surface area contributed by atoms with Gasteiger partial charge in [-0.3, -0.25) is 9.59 Å². The van der Waals surface area contributed by atoms with E-state index in [9.17, 15) is 9.59 Å². The third kappa shape index (κ3) is 6.35. The van der Waals surface area contributed by atoms with Crippen molar-refractivity contribution >= 4 is 11.9 Å². The standard InChI is InChI=1S/C13H16O4/c14-12(15)9-10-17-13(16)8-4-7-11-5-2-1-3-6-11/h1-3,5-6H,4,7-10H2,(H,14,15). The summed E-state index contributed by atoms with van der Waals surface area (Å²) in [5.74, 6) is -1.29. The normalized spacial score (nSPS) is 9.88. The first-order valence-electron chi connectivity index (χ1n) is 5.60. The number of ether oxygens (including phenoxy) is 1. The topological polar surface area (TPSA) is 63.6 Å². The highest BCUT2D eigenvalue weighted by atomic mass is 16.5. The molecule has 0 radical (unpaired) electrons. The molecule has 0 aromatic heterocycles. The van der Waals surface area contributed by atoms with E-state index in [0.717, 1.165) is 12.8 Å². The predicted octanol–water partition coefficient (Wildman–Crippen LogP) is 2.03. The minimum atomic E-state index is -0.956. The first kappa shape index (κ1) is 13.2. The third-order valence-corrected chi connectivity index (χ3v) is 2.27. The average molecular weight is 236 g/mol. The van der Waals surface area contributed by atoms with Gasteiger partial charge < -0.3 is 9.84 Å². The Labute approximate surface area is 100 Å². The van der Waals surface area contributed by atoms with Gasteiger partial charge in [0.2, 0.25) is 0 Å². The van der Waals surface area contributed by atoms with Gasteiger partial charge in [0.25, 0.3) is 0 Å². The van der Waals surface area contributed by atoms with Crippen molar-refractivity contribution in [3.63, 3.8) is 0 Å². The van der Waals surface area contributed by atoms with Gasteiger partial charge in [0.15, 0.2) is 0 Å². The predicted molar refractivity (Wildman–Crippen MR) is 62.6 cm³/mol. The molecule has 0 unspecified atom stereocenters. The van der Waals surface area contributed by atoms with Crippen LogP contribution in [0.4, 0.5) is 0 Å². The summed E-state index contributed by atoms with van der Waals surface area (Å²) in [4.78, 5) is 21.4. The Morgan fingerprint density at radius 1 is 1.12 bits per heavy atom. The van der Waals surface area contributed by atoms with Crippen LogP contribution in [0.25, 0.3) is 0 Å². The Morgan fingerprint density at radius 2 is 1.82 bits per heavy atom. The monoisotopic (exact) mass is 236 g/mol. The molecule has 0 saturated carbocycles. The number of esters is 1. The van der Waals surface area contributed by atoms with Gasteiger partial charge in [-0.05, 0) is 18.4 Å². The molecule has 0 bridgehead atoms. The smallest absolute Gasteiger partial charge is 0.306 e. The van der Waals surface area contributed by atoms with Crippen molar-refractivity contribution in [1.82, 2.24) is 0 Å². The van der Waals surface area contributed by atoms with Crippen molar-refractivity contribution in [1.29, 1.82) is 0 Å². The maximum Gasteiger partial charge on any atom is 0.306 e. The van der Waals surface area contributed by atoms with Gasteiger partial charge in [-0.15, -0.1) is 0 Å². The lowest BCUT2D eigenvalue weighted by atomic mass is 10.1. The van der Waals surface area contributed by atoms with Gasteiger partial charge >= 0.3 is 11.9 Å². The third-order valence-electron chi connectivity index (χ3n) is 2.27. The Morgan fingerprint density at radius 3 is 2.47 bits per heavy atom. The fraction of sp³-hybridized carbons (Fsp3) is 0.385. The lowest BCUT2D eigenvalue weighted by Gasteiger charge is -2.03. The van der Waals surface area contributed by atoms with Gasteiger partial charge in [-0.2, -0.15) is 0 Å². The molecule has 17 heavy (non-hydrogen) atoms. The summed E-state index contributed by atoms with van der Waals surface area (Å²) < 4.78 is 4.77. The minimum Gasteiger partial charge on any atom is -0.481 e. The molecule has 1 aromatic rings. The molecule has 0 aliphatic carbocycles. The molecular formula is C13H16O4. The van der Waals surface area contributed by atoms with Gasteiger partial charge in [-0.25, -0.2) is 0 Å². The molecule has 1 N–H and O–H groups in total. The zero-order valence-electron chi connectivity index (χ0n) is 9.59. The number of rotatable bonds is 7. The summed E-state index contributed by atoms with van der Waals surface area (Å²) in [6, 6.07) is 9.89. The number of carbonyl (C=O) groups excluding carboxylic acids is 1. The molecule has 0 atom stereocenters. The van der Waals surface area contributed by atoms with E-state index in [2.05, 4.69) is 0 Å². The fourth-order valence-electron chi connectivity index (χ4n) is 1.41. The van der Waals surface area contributed by atoms with Crippen molar-refractivity contribution in [2.45, 2.75) is 25.7 Å². The van der Waals surface area contributed by atoms with Crippen molar-refractivity contribution in [2.24, 2.45) is 0 Å². The molecule has 1 aromatic carbocycles. The van der Waals surface area contributed by atoms with E-state index in [1.165, 1.54) is 5.56 Å². The summed E-state index contributed by atoms with van der Waals surface area (Å²) in [6.07, 6.45) is 1.74. The molecule has 0 heterocycles. The minimum absolute atomic E-state index is 0.0422. The molecule has 0 aliphatic heterocycles. The van der Waals surface area contributed by atoms with E-state index in [1.54, 1.807) is 0 Å². The van der Waals surface area contributed by atoms with Crippen molar-refractivity contribution in [2.75, 3.05) is 6.61 Å². The molecule has 0 fully saturated rings. The van der Waals surface area contributed by atoms with Gasteiger partial charge in [-0.1, -0.05) is 30.3 Å². The molecule has 0 spiro atoms. The van der Waals surface area contributed by atoms with E-state index in [0.29, 0.717) is 6.42 Å². The van der Waals surface area contributed by atoms with Crippen LogP contribution in [0.2, 0.25) is 0 Å². The van der Waals surface area contributed by atoms with Crippen molar-refractivity contribution in [3.05, 3.63) is 35.9 Å². The summed E-state index contributed by atoms with van der Waals surface area (Å²) in [5.41, 5.74) is 1.19. The number of carboxylic acids is 1. The van der Waals surface area contributed by atoms with Gasteiger partial charge in [0.1, 0.15) is 6.61 Å². The van der Waals surface area contributed by atoms with E-state index >= 15 is 0 Å². The highest BCUT2D eigenvalue weighted by Crippen LogP contribution is 2.05. The van der Waals surface area contributed by atoms with Crippen LogP contribution in [0.3, 0.4) is 0 Å². The second kappa shape index (κ2) is 7.44. The largest absolute Gasteiger partial charge is 0.481 e. The summed E-state index contributed by atoms with van der Waals surface area (Å²) in [5, 5.41) is 8.36. The lowest BCUT2D eigenvalue weighted by molar-refractivity contribution is -0.146. The molecule has 0 saturated heterocycles. The molecule has 4 nitrogen and oxygen atoms in total. The number of hydrogen-bond acceptors (Lipinski definition) is 3. The second-order valence-corrected chi connectivity index (χ2v) is 3.70. The molecule has 92 valence electrons. The average Bonchev–Trinajstić information content (AvgIpc) is 2.30. The highest BCUT2D eigenvalue weighted by molar-refractivity contribution is 5.70. The van der Waals surface area contributed by atoms with Crippen LogP contribution in [0.1, 0.15) is 24.8 Å². The molecule has 1 rings (SSSR count). The zero-order chi connectivity index (χ0) is 12.5. The first-order chi connectivity index (χ1) is 8.18. The van der Waals surface area contributed by atoms with Crippen LogP contribution in [-0.2, 0) is 20.7 Å². The number of benzene rings is 1. The number of aryl methyl sites for hydroxylation is 1. The van der Waals surface area contributed by atoms with E-state index in [-0.39, 0.29) is 19.0 Å². The molecule has 4 heteroatoms. The lowest BCUT2D eigenvalue weighted by Crippen LogP contribution is -2.09. The van der Waals surface area contributed by atoms with Crippen LogP contribution >= 0.6 is 0 Å². The Balaban J connectivity index is 2.10. The number of hydrogen-bond donors (Lipinski definition) is 1. The molecule has 0 amide bonds. The number of carbonyl (C=O) groups is 2. The number of aliphatic carboxylic acids is 1. The van der Waals surface area contributed by atoms with E-state index in [4.69, 9.17) is 9.84 Å².